The summed E-state index contributed by atoms with van der Waals surface area (Å²) in [6.45, 7) is 8.43. The number of para-hydroxylation sites is 1. The van der Waals surface area contributed by atoms with Gasteiger partial charge in [0.05, 0.1) is 16.9 Å². The number of aromatic nitrogens is 2. The molecule has 0 bridgehead atoms. The lowest BCUT2D eigenvalue weighted by molar-refractivity contribution is 0.358. The molecule has 2 rings (SSSR count). The topological polar surface area (TPSA) is 43.8 Å². The average molecular weight is 229 g/mol. The van der Waals surface area contributed by atoms with E-state index in [0.29, 0.717) is 0 Å². The molecule has 0 fully saturated rings. The normalized spacial score (nSPS) is 11.8. The number of hydrogen-bond donors (Lipinski definition) is 1. The predicted octanol–water partition coefficient (Wildman–Crippen LogP) is 3.20. The number of hydrogen-bond acceptors (Lipinski definition) is 2. The molecule has 0 radical (unpaired) electrons. The molecule has 0 aliphatic rings. The molecule has 0 saturated carbocycles. The summed E-state index contributed by atoms with van der Waals surface area (Å²) in [5.41, 5.74) is 9.91. The Kier molecular flexibility index (Phi) is 2.69. The largest absolute Gasteiger partial charge is 0.398 e. The van der Waals surface area contributed by atoms with Crippen molar-refractivity contribution in [3.8, 4) is 11.3 Å². The summed E-state index contributed by atoms with van der Waals surface area (Å²) in [6, 6.07) is 9.99. The molecule has 3 heteroatoms. The third-order valence-electron chi connectivity index (χ3n) is 2.70. The first kappa shape index (κ1) is 11.7. The van der Waals surface area contributed by atoms with Crippen molar-refractivity contribution in [2.24, 2.45) is 0 Å². The summed E-state index contributed by atoms with van der Waals surface area (Å²) in [4.78, 5) is 0. The highest BCUT2D eigenvalue weighted by atomic mass is 15.3. The van der Waals surface area contributed by atoms with Gasteiger partial charge in [-0.05, 0) is 39.8 Å². The van der Waals surface area contributed by atoms with E-state index in [1.807, 2.05) is 35.9 Å². The first-order valence-corrected chi connectivity index (χ1v) is 5.81. The molecule has 1 heterocycles. The third-order valence-corrected chi connectivity index (χ3v) is 2.70. The molecule has 1 aromatic heterocycles. The van der Waals surface area contributed by atoms with E-state index in [4.69, 9.17) is 5.73 Å². The minimum Gasteiger partial charge on any atom is -0.398 e. The van der Waals surface area contributed by atoms with Crippen LogP contribution in [0.3, 0.4) is 0 Å². The van der Waals surface area contributed by atoms with Crippen molar-refractivity contribution in [1.29, 1.82) is 0 Å². The van der Waals surface area contributed by atoms with E-state index < -0.39 is 0 Å². The molecule has 0 spiro atoms. The first-order valence-electron chi connectivity index (χ1n) is 5.81. The zero-order valence-electron chi connectivity index (χ0n) is 10.9. The zero-order chi connectivity index (χ0) is 12.6. The molecule has 0 unspecified atom stereocenters. The third kappa shape index (κ3) is 2.18. The van der Waals surface area contributed by atoms with Crippen LogP contribution in [0.1, 0.15) is 26.5 Å². The van der Waals surface area contributed by atoms with Crippen molar-refractivity contribution in [3.05, 3.63) is 36.0 Å². The number of anilines is 1. The number of aryl methyl sites for hydroxylation is 1. The number of benzene rings is 1. The first-order chi connectivity index (χ1) is 7.89. The van der Waals surface area contributed by atoms with Crippen LogP contribution in [-0.2, 0) is 5.54 Å². The predicted molar refractivity (Wildman–Crippen MR) is 71.8 cm³/mol. The Morgan fingerprint density at radius 2 is 1.82 bits per heavy atom. The van der Waals surface area contributed by atoms with Gasteiger partial charge >= 0.3 is 0 Å². The molecule has 0 aliphatic heterocycles. The van der Waals surface area contributed by atoms with Crippen molar-refractivity contribution in [2.75, 3.05) is 5.73 Å². The Balaban J connectivity index is 2.64. The summed E-state index contributed by atoms with van der Waals surface area (Å²) in [5, 5.41) is 4.56. The van der Waals surface area contributed by atoms with E-state index in [2.05, 4.69) is 31.9 Å². The van der Waals surface area contributed by atoms with Gasteiger partial charge in [-0.25, -0.2) is 0 Å². The van der Waals surface area contributed by atoms with E-state index in [9.17, 15) is 0 Å². The van der Waals surface area contributed by atoms with E-state index in [0.717, 1.165) is 22.6 Å². The molecular formula is C14H19N3. The Morgan fingerprint density at radius 1 is 1.18 bits per heavy atom. The maximum Gasteiger partial charge on any atom is 0.0711 e. The molecule has 0 atom stereocenters. The minimum atomic E-state index is -0.0497. The Morgan fingerprint density at radius 3 is 2.41 bits per heavy atom. The minimum absolute atomic E-state index is 0.0497. The van der Waals surface area contributed by atoms with Gasteiger partial charge in [0.2, 0.25) is 0 Å². The monoisotopic (exact) mass is 229 g/mol. The zero-order valence-corrected chi connectivity index (χ0v) is 10.9. The Hall–Kier alpha value is -1.77. The molecule has 2 aromatic rings. The van der Waals surface area contributed by atoms with E-state index in [1.54, 1.807) is 0 Å². The standard InChI is InChI=1S/C14H19N3/c1-10-9-13(17(16-10)14(2,3)4)11-7-5-6-8-12(11)15/h5-9H,15H2,1-4H3. The molecule has 2 N–H and O–H groups in total. The van der Waals surface area contributed by atoms with Gasteiger partial charge in [-0.1, -0.05) is 18.2 Å². The molecule has 0 amide bonds. The summed E-state index contributed by atoms with van der Waals surface area (Å²) in [5.74, 6) is 0. The van der Waals surface area contributed by atoms with Gasteiger partial charge in [0, 0.05) is 11.3 Å². The second-order valence-corrected chi connectivity index (χ2v) is 5.34. The fourth-order valence-corrected chi connectivity index (χ4v) is 1.93. The number of rotatable bonds is 1. The Bertz CT molecular complexity index is 533. The maximum absolute atomic E-state index is 6.03. The lowest BCUT2D eigenvalue weighted by Gasteiger charge is -2.23. The second-order valence-electron chi connectivity index (χ2n) is 5.34. The van der Waals surface area contributed by atoms with Gasteiger partial charge in [0.25, 0.3) is 0 Å². The number of nitrogens with two attached hydrogens (primary N) is 1. The van der Waals surface area contributed by atoms with Crippen molar-refractivity contribution in [3.63, 3.8) is 0 Å². The van der Waals surface area contributed by atoms with Gasteiger partial charge < -0.3 is 5.73 Å². The molecular weight excluding hydrogens is 210 g/mol. The van der Waals surface area contributed by atoms with Crippen molar-refractivity contribution in [1.82, 2.24) is 9.78 Å². The number of nitrogens with zero attached hydrogens (tertiary/aromatic N) is 2. The Labute approximate surface area is 102 Å². The van der Waals surface area contributed by atoms with E-state index in [1.165, 1.54) is 0 Å². The number of nitrogen functional groups attached to an aromatic ring is 1. The van der Waals surface area contributed by atoms with Crippen molar-refractivity contribution in [2.45, 2.75) is 33.2 Å². The summed E-state index contributed by atoms with van der Waals surface area (Å²) < 4.78 is 2.04. The smallest absolute Gasteiger partial charge is 0.0711 e. The van der Waals surface area contributed by atoms with Crippen molar-refractivity contribution < 1.29 is 0 Å². The molecule has 17 heavy (non-hydrogen) atoms. The van der Waals surface area contributed by atoms with Crippen LogP contribution in [0.4, 0.5) is 5.69 Å². The van der Waals surface area contributed by atoms with Gasteiger partial charge in [-0.2, -0.15) is 5.10 Å². The summed E-state index contributed by atoms with van der Waals surface area (Å²) >= 11 is 0. The SMILES string of the molecule is Cc1cc(-c2ccccc2N)n(C(C)(C)C)n1. The van der Waals surface area contributed by atoms with E-state index >= 15 is 0 Å². The lowest BCUT2D eigenvalue weighted by Crippen LogP contribution is -2.24. The molecule has 90 valence electrons. The van der Waals surface area contributed by atoms with Gasteiger partial charge in [0.15, 0.2) is 0 Å². The van der Waals surface area contributed by atoms with Crippen molar-refractivity contribution >= 4 is 5.69 Å². The van der Waals surface area contributed by atoms with Crippen LogP contribution in [0.5, 0.6) is 0 Å². The molecule has 1 aromatic carbocycles. The van der Waals surface area contributed by atoms with Gasteiger partial charge in [-0.3, -0.25) is 4.68 Å². The highest BCUT2D eigenvalue weighted by Gasteiger charge is 2.20. The fraction of sp³-hybridized carbons (Fsp3) is 0.357. The van der Waals surface area contributed by atoms with Gasteiger partial charge in [-0.15, -0.1) is 0 Å². The van der Waals surface area contributed by atoms with Crippen LogP contribution in [0.2, 0.25) is 0 Å². The van der Waals surface area contributed by atoms with Crippen LogP contribution in [0.25, 0.3) is 11.3 Å². The fourth-order valence-electron chi connectivity index (χ4n) is 1.93. The van der Waals surface area contributed by atoms with Gasteiger partial charge in [0.1, 0.15) is 0 Å². The van der Waals surface area contributed by atoms with Crippen LogP contribution in [-0.4, -0.2) is 9.78 Å². The quantitative estimate of drug-likeness (QED) is 0.763. The highest BCUT2D eigenvalue weighted by Crippen LogP contribution is 2.30. The summed E-state index contributed by atoms with van der Waals surface area (Å²) in [7, 11) is 0. The second kappa shape index (κ2) is 3.91. The van der Waals surface area contributed by atoms with Crippen LogP contribution in [0, 0.1) is 6.92 Å². The average Bonchev–Trinajstić information content (AvgIpc) is 2.60. The molecule has 0 saturated heterocycles. The van der Waals surface area contributed by atoms with Crippen LogP contribution in [0.15, 0.2) is 30.3 Å². The van der Waals surface area contributed by atoms with E-state index in [-0.39, 0.29) is 5.54 Å². The highest BCUT2D eigenvalue weighted by molar-refractivity contribution is 5.74. The summed E-state index contributed by atoms with van der Waals surface area (Å²) in [6.07, 6.45) is 0. The molecule has 3 nitrogen and oxygen atoms in total. The maximum atomic E-state index is 6.03. The van der Waals surface area contributed by atoms with Crippen LogP contribution >= 0.6 is 0 Å². The molecule has 0 aliphatic carbocycles. The van der Waals surface area contributed by atoms with Crippen LogP contribution < -0.4 is 5.73 Å². The lowest BCUT2D eigenvalue weighted by atomic mass is 10.1.